The Morgan fingerprint density at radius 1 is 1.13 bits per heavy atom. The van der Waals surface area contributed by atoms with Gasteiger partial charge < -0.3 is 16.0 Å². The van der Waals surface area contributed by atoms with Crippen molar-refractivity contribution < 1.29 is 9.18 Å². The molecule has 0 spiro atoms. The molecule has 0 fully saturated rings. The van der Waals surface area contributed by atoms with Crippen molar-refractivity contribution in [1.82, 2.24) is 15.3 Å². The number of carbonyl (C=O) groups is 1. The molecule has 3 rings (SSSR count). The van der Waals surface area contributed by atoms with Gasteiger partial charge >= 0.3 is 6.03 Å². The SMILES string of the molecule is CC.C[C@@H](NC(=O)Nc1cc(C=N)c(Nc2ccc(F)cc2)cn1)c1ccccn1. The van der Waals surface area contributed by atoms with E-state index in [1.807, 2.05) is 32.9 Å². The van der Waals surface area contributed by atoms with Gasteiger partial charge in [-0.3, -0.25) is 10.3 Å². The summed E-state index contributed by atoms with van der Waals surface area (Å²) in [5, 5.41) is 16.1. The van der Waals surface area contributed by atoms with Crippen LogP contribution >= 0.6 is 0 Å². The van der Waals surface area contributed by atoms with E-state index >= 15 is 0 Å². The molecule has 7 nitrogen and oxygen atoms in total. The highest BCUT2D eigenvalue weighted by Gasteiger charge is 2.12. The van der Waals surface area contributed by atoms with E-state index in [0.717, 1.165) is 11.9 Å². The molecular formula is C22H25FN6O. The van der Waals surface area contributed by atoms with E-state index in [9.17, 15) is 9.18 Å². The molecule has 2 heterocycles. The van der Waals surface area contributed by atoms with Gasteiger partial charge in [-0.1, -0.05) is 19.9 Å². The molecule has 0 unspecified atom stereocenters. The monoisotopic (exact) mass is 408 g/mol. The number of nitrogens with zero attached hydrogens (tertiary/aromatic N) is 2. The third-order valence-corrected chi connectivity index (χ3v) is 3.94. The molecule has 2 amide bonds. The zero-order chi connectivity index (χ0) is 21.9. The van der Waals surface area contributed by atoms with Gasteiger partial charge in [-0.2, -0.15) is 0 Å². The van der Waals surface area contributed by atoms with Gasteiger partial charge in [0.25, 0.3) is 0 Å². The van der Waals surface area contributed by atoms with E-state index in [2.05, 4.69) is 25.9 Å². The minimum Gasteiger partial charge on any atom is -0.354 e. The standard InChI is InChI=1S/C20H19FN6O.C2H6/c1-13(17-4-2-3-9-23-17)25-20(28)27-19-10-14(11-22)18(12-24-19)26-16-7-5-15(21)6-8-16;1-2/h2-13,22,26H,1H3,(H2,24,25,27,28);1-2H3/t13-;/m1./s1. The van der Waals surface area contributed by atoms with Crippen LogP contribution in [0, 0.1) is 11.2 Å². The van der Waals surface area contributed by atoms with Crippen LogP contribution in [-0.2, 0) is 0 Å². The van der Waals surface area contributed by atoms with E-state index in [1.54, 1.807) is 30.5 Å². The predicted octanol–water partition coefficient (Wildman–Crippen LogP) is 5.27. The van der Waals surface area contributed by atoms with E-state index in [4.69, 9.17) is 5.41 Å². The number of benzene rings is 1. The third kappa shape index (κ3) is 6.37. The third-order valence-electron chi connectivity index (χ3n) is 3.94. The lowest BCUT2D eigenvalue weighted by Crippen LogP contribution is -2.31. The summed E-state index contributed by atoms with van der Waals surface area (Å²) in [4.78, 5) is 20.6. The van der Waals surface area contributed by atoms with Crippen molar-refractivity contribution in [2.45, 2.75) is 26.8 Å². The Morgan fingerprint density at radius 3 is 2.50 bits per heavy atom. The smallest absolute Gasteiger partial charge is 0.320 e. The lowest BCUT2D eigenvalue weighted by Gasteiger charge is -2.15. The van der Waals surface area contributed by atoms with Crippen molar-refractivity contribution in [3.63, 3.8) is 0 Å². The van der Waals surface area contributed by atoms with Crippen LogP contribution in [0.5, 0.6) is 0 Å². The van der Waals surface area contributed by atoms with Crippen LogP contribution in [0.25, 0.3) is 0 Å². The molecule has 156 valence electrons. The molecule has 1 aromatic carbocycles. The maximum absolute atomic E-state index is 13.0. The van der Waals surface area contributed by atoms with Crippen LogP contribution in [0.3, 0.4) is 0 Å². The highest BCUT2D eigenvalue weighted by atomic mass is 19.1. The van der Waals surface area contributed by atoms with Crippen molar-refractivity contribution >= 4 is 29.4 Å². The molecule has 0 aliphatic heterocycles. The Bertz CT molecular complexity index is 963. The Kier molecular flexibility index (Phi) is 8.43. The molecule has 8 heteroatoms. The minimum atomic E-state index is -0.430. The Labute approximate surface area is 175 Å². The number of halogens is 1. The zero-order valence-corrected chi connectivity index (χ0v) is 17.1. The number of urea groups is 1. The molecule has 0 aliphatic rings. The maximum atomic E-state index is 13.0. The molecule has 0 bridgehead atoms. The lowest BCUT2D eigenvalue weighted by atomic mass is 10.2. The summed E-state index contributed by atoms with van der Waals surface area (Å²) in [5.41, 5.74) is 2.49. The van der Waals surface area contributed by atoms with Crippen LogP contribution < -0.4 is 16.0 Å². The van der Waals surface area contributed by atoms with Crippen molar-refractivity contribution in [3.05, 3.63) is 78.0 Å². The van der Waals surface area contributed by atoms with Crippen LogP contribution in [0.4, 0.5) is 26.4 Å². The summed E-state index contributed by atoms with van der Waals surface area (Å²) in [6.45, 7) is 5.83. The molecule has 2 aromatic heterocycles. The number of nitrogens with one attached hydrogen (secondary N) is 4. The molecule has 0 aliphatic carbocycles. The van der Waals surface area contributed by atoms with E-state index < -0.39 is 6.03 Å². The molecule has 3 aromatic rings. The zero-order valence-electron chi connectivity index (χ0n) is 17.1. The number of pyridine rings is 2. The van der Waals surface area contributed by atoms with Crippen molar-refractivity contribution in [2.75, 3.05) is 10.6 Å². The van der Waals surface area contributed by atoms with Gasteiger partial charge in [0.2, 0.25) is 0 Å². The van der Waals surface area contributed by atoms with Gasteiger partial charge in [-0.25, -0.2) is 14.2 Å². The fraction of sp³-hybridized carbons (Fsp3) is 0.182. The van der Waals surface area contributed by atoms with Crippen LogP contribution in [0.1, 0.15) is 38.1 Å². The minimum absolute atomic E-state index is 0.275. The number of aromatic nitrogens is 2. The summed E-state index contributed by atoms with van der Waals surface area (Å²) in [6, 6.07) is 12.2. The molecular weight excluding hydrogens is 383 g/mol. The van der Waals surface area contributed by atoms with Crippen molar-refractivity contribution in [1.29, 1.82) is 5.41 Å². The summed E-state index contributed by atoms with van der Waals surface area (Å²) >= 11 is 0. The maximum Gasteiger partial charge on any atom is 0.320 e. The van der Waals surface area contributed by atoms with Crippen LogP contribution in [0.15, 0.2) is 60.9 Å². The summed E-state index contributed by atoms with van der Waals surface area (Å²) in [7, 11) is 0. The van der Waals surface area contributed by atoms with Gasteiger partial charge in [-0.05, 0) is 49.4 Å². The largest absolute Gasteiger partial charge is 0.354 e. The van der Waals surface area contributed by atoms with Gasteiger partial charge in [0.15, 0.2) is 0 Å². The molecule has 1 atom stereocenters. The Hall–Kier alpha value is -3.81. The summed E-state index contributed by atoms with van der Waals surface area (Å²) < 4.78 is 13.0. The fourth-order valence-corrected chi connectivity index (χ4v) is 2.51. The first-order valence-corrected chi connectivity index (χ1v) is 9.56. The van der Waals surface area contributed by atoms with E-state index in [0.29, 0.717) is 22.8 Å². The number of hydrogen-bond donors (Lipinski definition) is 4. The Morgan fingerprint density at radius 2 is 1.87 bits per heavy atom. The summed E-state index contributed by atoms with van der Waals surface area (Å²) in [5.74, 6) is -0.0321. The van der Waals surface area contributed by atoms with Crippen molar-refractivity contribution in [3.8, 4) is 0 Å². The van der Waals surface area contributed by atoms with Gasteiger partial charge in [0, 0.05) is 23.7 Å². The van der Waals surface area contributed by atoms with Crippen molar-refractivity contribution in [2.24, 2.45) is 0 Å². The number of carbonyl (C=O) groups excluding carboxylic acids is 1. The predicted molar refractivity (Wildman–Crippen MR) is 118 cm³/mol. The average molecular weight is 408 g/mol. The van der Waals surface area contributed by atoms with Gasteiger partial charge in [-0.15, -0.1) is 0 Å². The highest BCUT2D eigenvalue weighted by molar-refractivity contribution is 5.92. The molecule has 30 heavy (non-hydrogen) atoms. The molecule has 0 saturated heterocycles. The first-order chi connectivity index (χ1) is 14.5. The van der Waals surface area contributed by atoms with Gasteiger partial charge in [0.1, 0.15) is 11.6 Å². The van der Waals surface area contributed by atoms with E-state index in [1.165, 1.54) is 18.3 Å². The van der Waals surface area contributed by atoms with Crippen LogP contribution in [-0.4, -0.2) is 22.2 Å². The van der Waals surface area contributed by atoms with Gasteiger partial charge in [0.05, 0.1) is 23.6 Å². The van der Waals surface area contributed by atoms with E-state index in [-0.39, 0.29) is 11.9 Å². The fourth-order valence-electron chi connectivity index (χ4n) is 2.51. The number of hydrogen-bond acceptors (Lipinski definition) is 5. The Balaban J connectivity index is 0.00000155. The second kappa shape index (κ2) is 11.3. The molecule has 0 radical (unpaired) electrons. The second-order valence-corrected chi connectivity index (χ2v) is 6.01. The quantitative estimate of drug-likeness (QED) is 0.417. The first-order valence-electron chi connectivity index (χ1n) is 9.56. The number of anilines is 3. The average Bonchev–Trinajstić information content (AvgIpc) is 2.78. The topological polar surface area (TPSA) is 103 Å². The lowest BCUT2D eigenvalue weighted by molar-refractivity contribution is 0.249. The molecule has 4 N–H and O–H groups in total. The highest BCUT2D eigenvalue weighted by Crippen LogP contribution is 2.21. The number of amides is 2. The van der Waals surface area contributed by atoms with Crippen LogP contribution in [0.2, 0.25) is 0 Å². The first kappa shape index (κ1) is 22.5. The molecule has 0 saturated carbocycles. The number of rotatable bonds is 6. The summed E-state index contributed by atoms with van der Waals surface area (Å²) in [6.07, 6.45) is 4.31. The second-order valence-electron chi connectivity index (χ2n) is 6.01. The normalized spacial score (nSPS) is 10.8.